The summed E-state index contributed by atoms with van der Waals surface area (Å²) in [5, 5.41) is 2.80. The Morgan fingerprint density at radius 2 is 1.43 bits per heavy atom. The second-order valence-corrected chi connectivity index (χ2v) is 11.7. The van der Waals surface area contributed by atoms with Gasteiger partial charge in [-0.3, -0.25) is 0 Å². The second kappa shape index (κ2) is 11.1. The molecule has 3 heteroatoms. The van der Waals surface area contributed by atoms with Crippen LogP contribution in [0.4, 0.5) is 0 Å². The molecule has 28 heavy (non-hydrogen) atoms. The number of aryl methyl sites for hydroxylation is 2. The molecule has 3 aromatic carbocycles. The number of rotatable bonds is 5. The van der Waals surface area contributed by atoms with Gasteiger partial charge in [-0.25, -0.2) is 0 Å². The molecule has 0 radical (unpaired) electrons. The molecule has 0 aliphatic rings. The number of benzene rings is 2. The van der Waals surface area contributed by atoms with Gasteiger partial charge in [-0.05, 0) is 41.4 Å². The molecule has 0 bridgehead atoms. The summed E-state index contributed by atoms with van der Waals surface area (Å²) < 4.78 is 0. The van der Waals surface area contributed by atoms with Crippen molar-refractivity contribution in [1.29, 1.82) is 0 Å². The normalized spacial score (nSPS) is 11.1. The molecule has 0 fully saturated rings. The summed E-state index contributed by atoms with van der Waals surface area (Å²) in [6, 6.07) is 16.6. The summed E-state index contributed by atoms with van der Waals surface area (Å²) in [6.07, 6.45) is 2.17. The van der Waals surface area contributed by atoms with E-state index < -0.39 is 20.8 Å². The van der Waals surface area contributed by atoms with E-state index in [9.17, 15) is 0 Å². The van der Waals surface area contributed by atoms with Gasteiger partial charge in [-0.1, -0.05) is 70.9 Å². The number of halogens is 2. The fraction of sp³-hybridized carbons (Fsp3) is 0.400. The Balaban J connectivity index is 0.000000878. The van der Waals surface area contributed by atoms with E-state index in [-0.39, 0.29) is 0 Å². The quantitative estimate of drug-likeness (QED) is 0.311. The topological polar surface area (TPSA) is 0 Å². The van der Waals surface area contributed by atoms with Crippen molar-refractivity contribution in [3.05, 3.63) is 64.7 Å². The van der Waals surface area contributed by atoms with Gasteiger partial charge in [0.25, 0.3) is 0 Å². The Hall–Kier alpha value is -0.487. The Labute approximate surface area is 189 Å². The maximum atomic E-state index is 4.93. The van der Waals surface area contributed by atoms with Gasteiger partial charge in [-0.15, -0.1) is 34.5 Å². The van der Waals surface area contributed by atoms with Gasteiger partial charge in [0, 0.05) is 0 Å². The summed E-state index contributed by atoms with van der Waals surface area (Å²) in [6.45, 7) is 13.7. The van der Waals surface area contributed by atoms with Crippen molar-refractivity contribution in [1.82, 2.24) is 0 Å². The van der Waals surface area contributed by atoms with Crippen LogP contribution in [0.25, 0.3) is 21.9 Å². The third kappa shape index (κ3) is 5.56. The van der Waals surface area contributed by atoms with E-state index in [1.807, 2.05) is 0 Å². The van der Waals surface area contributed by atoms with Gasteiger partial charge < -0.3 is 0 Å². The Bertz CT molecular complexity index is 880. The Morgan fingerprint density at radius 3 is 1.89 bits per heavy atom. The molecule has 0 atom stereocenters. The monoisotopic (exact) mass is 491 g/mol. The second-order valence-electron chi connectivity index (χ2n) is 7.94. The van der Waals surface area contributed by atoms with E-state index in [2.05, 4.69) is 84.0 Å². The number of hydrogen-bond donors (Lipinski definition) is 0. The molecule has 0 aliphatic heterocycles. The Kier molecular flexibility index (Phi) is 9.39. The molecule has 150 valence electrons. The van der Waals surface area contributed by atoms with Crippen LogP contribution in [0.1, 0.15) is 75.6 Å². The number of fused-ring (bicyclic) bond motifs is 1. The minimum atomic E-state index is -0.826. The van der Waals surface area contributed by atoms with Gasteiger partial charge in [0.15, 0.2) is 0 Å². The summed E-state index contributed by atoms with van der Waals surface area (Å²) in [4.78, 5) is 0. The molecule has 0 aliphatic carbocycles. The zero-order chi connectivity index (χ0) is 20.8. The van der Waals surface area contributed by atoms with Crippen LogP contribution < -0.4 is 0 Å². The molecule has 0 unspecified atom stereocenters. The van der Waals surface area contributed by atoms with E-state index in [0.29, 0.717) is 11.8 Å². The SMILES string of the molecule is CCc1cc2c(-c3cc(C(C)C)cc(C(C)C)c3)c(CC)ccc2[cH-]1.[Cl][Zr][Cl]. The summed E-state index contributed by atoms with van der Waals surface area (Å²) >= 11 is -0.826. The molecule has 0 heterocycles. The van der Waals surface area contributed by atoms with Gasteiger partial charge in [0.1, 0.15) is 0 Å². The van der Waals surface area contributed by atoms with E-state index in [1.165, 1.54) is 44.2 Å². The van der Waals surface area contributed by atoms with Gasteiger partial charge in [-0.2, -0.15) is 6.07 Å². The summed E-state index contributed by atoms with van der Waals surface area (Å²) in [5.41, 5.74) is 8.63. The van der Waals surface area contributed by atoms with Crippen LogP contribution in [0.15, 0.2) is 42.5 Å². The predicted octanol–water partition coefficient (Wildman–Crippen LogP) is 8.97. The zero-order valence-corrected chi connectivity index (χ0v) is 21.8. The van der Waals surface area contributed by atoms with Crippen LogP contribution >= 0.6 is 17.0 Å². The molecule has 0 amide bonds. The van der Waals surface area contributed by atoms with Crippen molar-refractivity contribution in [2.75, 3.05) is 0 Å². The first-order chi connectivity index (χ1) is 13.4. The molecule has 0 saturated heterocycles. The van der Waals surface area contributed by atoms with Crippen molar-refractivity contribution in [3.8, 4) is 11.1 Å². The van der Waals surface area contributed by atoms with Gasteiger partial charge >= 0.3 is 37.9 Å². The molecule has 3 aromatic rings. The fourth-order valence-electron chi connectivity index (χ4n) is 3.72. The molecule has 0 N–H and O–H groups in total. The van der Waals surface area contributed by atoms with Crippen LogP contribution in [0.3, 0.4) is 0 Å². The van der Waals surface area contributed by atoms with Crippen LogP contribution in [-0.2, 0) is 33.7 Å². The van der Waals surface area contributed by atoms with Gasteiger partial charge in [0.05, 0.1) is 0 Å². The van der Waals surface area contributed by atoms with E-state index in [4.69, 9.17) is 17.0 Å². The standard InChI is InChI=1S/C25H31.2ClH.Zr/c1-7-18-11-20-10-9-19(8-2)25(24(20)12-18)23-14-21(16(3)4)13-22(15-23)17(5)6;;;/h9-17H,7-8H2,1-6H3;2*1H;/q-1;;;+2/p-2. The van der Waals surface area contributed by atoms with Crippen molar-refractivity contribution < 1.29 is 20.8 Å². The summed E-state index contributed by atoms with van der Waals surface area (Å²) in [5.74, 6) is 1.10. The third-order valence-corrected chi connectivity index (χ3v) is 5.42. The van der Waals surface area contributed by atoms with Crippen LogP contribution in [0.5, 0.6) is 0 Å². The third-order valence-electron chi connectivity index (χ3n) is 5.42. The van der Waals surface area contributed by atoms with Crippen LogP contribution in [-0.4, -0.2) is 0 Å². The van der Waals surface area contributed by atoms with Crippen molar-refractivity contribution >= 4 is 27.8 Å². The molecule has 0 saturated carbocycles. The Morgan fingerprint density at radius 1 is 0.857 bits per heavy atom. The first-order valence-electron chi connectivity index (χ1n) is 10.2. The minimum absolute atomic E-state index is 0.549. The zero-order valence-electron chi connectivity index (χ0n) is 17.9. The molecule has 0 nitrogen and oxygen atoms in total. The molecular weight excluding hydrogens is 462 g/mol. The molecular formula is C25H31Cl2Zr-. The first-order valence-corrected chi connectivity index (χ1v) is 16.5. The fourth-order valence-corrected chi connectivity index (χ4v) is 3.72. The molecule has 3 rings (SSSR count). The molecule has 0 aromatic heterocycles. The van der Waals surface area contributed by atoms with Crippen LogP contribution in [0.2, 0.25) is 0 Å². The van der Waals surface area contributed by atoms with E-state index >= 15 is 0 Å². The van der Waals surface area contributed by atoms with E-state index in [0.717, 1.165) is 12.8 Å². The number of hydrogen-bond acceptors (Lipinski definition) is 0. The molecule has 0 spiro atoms. The van der Waals surface area contributed by atoms with Crippen molar-refractivity contribution in [2.24, 2.45) is 0 Å². The summed E-state index contributed by atoms with van der Waals surface area (Å²) in [7, 11) is 9.87. The predicted molar refractivity (Wildman–Crippen MR) is 124 cm³/mol. The average Bonchev–Trinajstić information content (AvgIpc) is 3.10. The maximum absolute atomic E-state index is 4.93. The average molecular weight is 494 g/mol. The first kappa shape index (κ1) is 23.8. The van der Waals surface area contributed by atoms with Crippen molar-refractivity contribution in [2.45, 2.75) is 66.2 Å². The van der Waals surface area contributed by atoms with Crippen molar-refractivity contribution in [3.63, 3.8) is 0 Å². The van der Waals surface area contributed by atoms with Gasteiger partial charge in [0.2, 0.25) is 0 Å². The van der Waals surface area contributed by atoms with Crippen LogP contribution in [0, 0.1) is 0 Å². The van der Waals surface area contributed by atoms with E-state index in [1.54, 1.807) is 0 Å².